The molecule has 0 aromatic rings. The van der Waals surface area contributed by atoms with E-state index in [0.29, 0.717) is 0 Å². The normalized spacial score (nSPS) is 25.0. The molecule has 0 bridgehead atoms. The lowest BCUT2D eigenvalue weighted by molar-refractivity contribution is -0.155. The molecule has 7 heteroatoms. The van der Waals surface area contributed by atoms with Crippen LogP contribution in [0, 0.1) is 11.8 Å². The Morgan fingerprint density at radius 3 is 1.88 bits per heavy atom. The Morgan fingerprint density at radius 2 is 1.59 bits per heavy atom. The molecule has 1 saturated heterocycles. The van der Waals surface area contributed by atoms with Crippen LogP contribution in [0.25, 0.3) is 0 Å². The highest BCUT2D eigenvalue weighted by Gasteiger charge is 2.43. The number of hydrogen-bond donors (Lipinski definition) is 0. The third-order valence-corrected chi connectivity index (χ3v) is 2.80. The van der Waals surface area contributed by atoms with E-state index in [-0.39, 0.29) is 13.1 Å². The zero-order valence-corrected chi connectivity index (χ0v) is 9.69. The van der Waals surface area contributed by atoms with Crippen molar-refractivity contribution in [2.45, 2.75) is 6.43 Å². The predicted molar refractivity (Wildman–Crippen MR) is 53.5 cm³/mol. The molecule has 0 unspecified atom stereocenters. The third kappa shape index (κ3) is 3.36. The fraction of sp³-hybridized carbons (Fsp3) is 0.800. The Labute approximate surface area is 97.7 Å². The number of esters is 2. The van der Waals surface area contributed by atoms with E-state index in [1.807, 2.05) is 0 Å². The molecular weight excluding hydrogens is 236 g/mol. The minimum absolute atomic E-state index is 0.0940. The van der Waals surface area contributed by atoms with Crippen molar-refractivity contribution in [3.63, 3.8) is 0 Å². The van der Waals surface area contributed by atoms with Gasteiger partial charge in [-0.1, -0.05) is 0 Å². The molecule has 5 nitrogen and oxygen atoms in total. The first kappa shape index (κ1) is 13.8. The number of hydrogen-bond acceptors (Lipinski definition) is 5. The molecule has 98 valence electrons. The van der Waals surface area contributed by atoms with Gasteiger partial charge in [0.05, 0.1) is 32.6 Å². The van der Waals surface area contributed by atoms with Gasteiger partial charge in [0, 0.05) is 13.1 Å². The van der Waals surface area contributed by atoms with Crippen molar-refractivity contribution in [3.05, 3.63) is 0 Å². The first-order valence-electron chi connectivity index (χ1n) is 5.15. The highest BCUT2D eigenvalue weighted by Crippen LogP contribution is 2.26. The van der Waals surface area contributed by atoms with Crippen molar-refractivity contribution < 1.29 is 27.8 Å². The van der Waals surface area contributed by atoms with Gasteiger partial charge in [-0.15, -0.1) is 0 Å². The van der Waals surface area contributed by atoms with E-state index in [1.165, 1.54) is 19.1 Å². The molecule has 1 heterocycles. The monoisotopic (exact) mass is 251 g/mol. The standard InChI is InChI=1S/C10H15F2NO4/c1-16-9(14)6-3-13(5-8(11)12)4-7(6)10(15)17-2/h6-8H,3-5H2,1-2H3/t6-,7-/m0/s1. The maximum Gasteiger partial charge on any atom is 0.310 e. The van der Waals surface area contributed by atoms with Gasteiger partial charge in [0.15, 0.2) is 0 Å². The van der Waals surface area contributed by atoms with Crippen LogP contribution < -0.4 is 0 Å². The van der Waals surface area contributed by atoms with Gasteiger partial charge < -0.3 is 9.47 Å². The summed E-state index contributed by atoms with van der Waals surface area (Å²) in [6, 6.07) is 0. The molecule has 0 aliphatic carbocycles. The molecule has 0 spiro atoms. The van der Waals surface area contributed by atoms with E-state index < -0.39 is 36.7 Å². The number of carbonyl (C=O) groups is 2. The second-order valence-electron chi connectivity index (χ2n) is 3.87. The van der Waals surface area contributed by atoms with Crippen molar-refractivity contribution in [2.24, 2.45) is 11.8 Å². The third-order valence-electron chi connectivity index (χ3n) is 2.80. The van der Waals surface area contributed by atoms with E-state index in [9.17, 15) is 18.4 Å². The highest BCUT2D eigenvalue weighted by atomic mass is 19.3. The van der Waals surface area contributed by atoms with Gasteiger partial charge in [0.25, 0.3) is 6.43 Å². The SMILES string of the molecule is COC(=O)[C@H]1CN(CC(F)F)C[C@@H]1C(=O)OC. The molecule has 1 aliphatic heterocycles. The summed E-state index contributed by atoms with van der Waals surface area (Å²) < 4.78 is 33.6. The Hall–Kier alpha value is -1.24. The van der Waals surface area contributed by atoms with Crippen LogP contribution in [-0.2, 0) is 19.1 Å². The van der Waals surface area contributed by atoms with E-state index in [0.717, 1.165) is 0 Å². The summed E-state index contributed by atoms with van der Waals surface area (Å²) in [5.74, 6) is -2.60. The van der Waals surface area contributed by atoms with Gasteiger partial charge in [-0.25, -0.2) is 8.78 Å². The topological polar surface area (TPSA) is 55.8 Å². The zero-order chi connectivity index (χ0) is 13.0. The Morgan fingerprint density at radius 1 is 1.18 bits per heavy atom. The molecule has 1 fully saturated rings. The van der Waals surface area contributed by atoms with Gasteiger partial charge in [-0.05, 0) is 0 Å². The van der Waals surface area contributed by atoms with Crippen LogP contribution in [0.1, 0.15) is 0 Å². The van der Waals surface area contributed by atoms with Crippen molar-refractivity contribution in [3.8, 4) is 0 Å². The molecule has 1 aliphatic rings. The summed E-state index contributed by atoms with van der Waals surface area (Å²) in [5.41, 5.74) is 0. The van der Waals surface area contributed by atoms with E-state index in [2.05, 4.69) is 9.47 Å². The second kappa shape index (κ2) is 5.90. The number of likely N-dealkylation sites (tertiary alicyclic amines) is 1. The number of ether oxygens (including phenoxy) is 2. The smallest absolute Gasteiger partial charge is 0.310 e. The summed E-state index contributed by atoms with van der Waals surface area (Å²) in [7, 11) is 2.40. The molecule has 0 radical (unpaired) electrons. The molecule has 0 saturated carbocycles. The molecule has 1 rings (SSSR count). The molecule has 0 aromatic heterocycles. The molecule has 17 heavy (non-hydrogen) atoms. The van der Waals surface area contributed by atoms with E-state index in [4.69, 9.17) is 0 Å². The summed E-state index contributed by atoms with van der Waals surface area (Å²) in [6.07, 6.45) is -2.50. The fourth-order valence-corrected chi connectivity index (χ4v) is 2.01. The Kier molecular flexibility index (Phi) is 4.80. The average molecular weight is 251 g/mol. The van der Waals surface area contributed by atoms with Crippen LogP contribution in [0.15, 0.2) is 0 Å². The van der Waals surface area contributed by atoms with Crippen molar-refractivity contribution >= 4 is 11.9 Å². The first-order chi connectivity index (χ1) is 7.99. The van der Waals surface area contributed by atoms with Gasteiger partial charge in [0.1, 0.15) is 0 Å². The lowest BCUT2D eigenvalue weighted by atomic mass is 9.96. The average Bonchev–Trinajstić information content (AvgIpc) is 2.69. The van der Waals surface area contributed by atoms with Crippen molar-refractivity contribution in [1.29, 1.82) is 0 Å². The predicted octanol–water partition coefficient (Wildman–Crippen LogP) is 0.145. The largest absolute Gasteiger partial charge is 0.469 e. The molecule has 0 aromatic carbocycles. The number of methoxy groups -OCH3 is 2. The van der Waals surface area contributed by atoms with E-state index in [1.54, 1.807) is 0 Å². The Bertz CT molecular complexity index is 274. The maximum atomic E-state index is 12.2. The van der Waals surface area contributed by atoms with Crippen molar-refractivity contribution in [2.75, 3.05) is 33.9 Å². The minimum Gasteiger partial charge on any atom is -0.469 e. The van der Waals surface area contributed by atoms with Crippen LogP contribution in [0.2, 0.25) is 0 Å². The molecule has 2 atom stereocenters. The Balaban J connectivity index is 2.72. The van der Waals surface area contributed by atoms with Gasteiger partial charge >= 0.3 is 11.9 Å². The van der Waals surface area contributed by atoms with Gasteiger partial charge in [-0.3, -0.25) is 14.5 Å². The minimum atomic E-state index is -2.50. The quantitative estimate of drug-likeness (QED) is 0.665. The number of carbonyl (C=O) groups excluding carboxylic acids is 2. The number of alkyl halides is 2. The lowest BCUT2D eigenvalue weighted by Gasteiger charge is -2.13. The highest BCUT2D eigenvalue weighted by molar-refractivity contribution is 5.83. The molecule has 0 amide bonds. The maximum absolute atomic E-state index is 12.2. The van der Waals surface area contributed by atoms with Crippen molar-refractivity contribution in [1.82, 2.24) is 4.90 Å². The lowest BCUT2D eigenvalue weighted by Crippen LogP contribution is -2.30. The van der Waals surface area contributed by atoms with Crippen LogP contribution in [0.4, 0.5) is 8.78 Å². The summed E-state index contributed by atoms with van der Waals surface area (Å²) in [4.78, 5) is 24.2. The first-order valence-corrected chi connectivity index (χ1v) is 5.15. The van der Waals surface area contributed by atoms with E-state index >= 15 is 0 Å². The fourth-order valence-electron chi connectivity index (χ4n) is 2.01. The van der Waals surface area contributed by atoms with Crippen LogP contribution >= 0.6 is 0 Å². The van der Waals surface area contributed by atoms with Crippen LogP contribution in [0.3, 0.4) is 0 Å². The van der Waals surface area contributed by atoms with Gasteiger partial charge in [0.2, 0.25) is 0 Å². The van der Waals surface area contributed by atoms with Crippen LogP contribution in [0.5, 0.6) is 0 Å². The summed E-state index contributed by atoms with van der Waals surface area (Å²) >= 11 is 0. The molecule has 0 N–H and O–H groups in total. The summed E-state index contributed by atoms with van der Waals surface area (Å²) in [5, 5.41) is 0. The molecular formula is C10H15F2NO4. The number of rotatable bonds is 4. The zero-order valence-electron chi connectivity index (χ0n) is 9.69. The van der Waals surface area contributed by atoms with Gasteiger partial charge in [-0.2, -0.15) is 0 Å². The summed E-state index contributed by atoms with van der Waals surface area (Å²) in [6.45, 7) is -0.269. The number of halogens is 2. The second-order valence-corrected chi connectivity index (χ2v) is 3.87. The van der Waals surface area contributed by atoms with Crippen LogP contribution in [-0.4, -0.2) is 57.1 Å². The number of nitrogens with zero attached hydrogens (tertiary/aromatic N) is 1.